The highest BCUT2D eigenvalue weighted by Crippen LogP contribution is 2.05. The van der Waals surface area contributed by atoms with Crippen molar-refractivity contribution in [3.63, 3.8) is 0 Å². The van der Waals surface area contributed by atoms with Crippen molar-refractivity contribution >= 4 is 0 Å². The molecule has 0 fully saturated rings. The maximum absolute atomic E-state index is 9.04. The minimum Gasteiger partial charge on any atom is -0.391 e. The standard InChI is InChI=1S/C8H18O3.H3N/c1-5(9)7(3)11-8(4)6(2)10;/h5-10H,1-4H3;1H3. The zero-order valence-corrected chi connectivity index (χ0v) is 8.32. The number of aliphatic hydroxyl groups excluding tert-OH is 2. The molecule has 0 rings (SSSR count). The number of rotatable bonds is 4. The van der Waals surface area contributed by atoms with Gasteiger partial charge in [-0.25, -0.2) is 0 Å². The van der Waals surface area contributed by atoms with Crippen molar-refractivity contribution < 1.29 is 14.9 Å². The Labute approximate surface area is 74.1 Å². The summed E-state index contributed by atoms with van der Waals surface area (Å²) in [6.45, 7) is 6.89. The monoisotopic (exact) mass is 179 g/mol. The molecule has 0 saturated carbocycles. The first kappa shape index (κ1) is 14.4. The van der Waals surface area contributed by atoms with E-state index >= 15 is 0 Å². The van der Waals surface area contributed by atoms with Gasteiger partial charge in [0.2, 0.25) is 0 Å². The maximum atomic E-state index is 9.04. The van der Waals surface area contributed by atoms with Gasteiger partial charge < -0.3 is 21.1 Å². The van der Waals surface area contributed by atoms with Crippen molar-refractivity contribution in [2.75, 3.05) is 0 Å². The summed E-state index contributed by atoms with van der Waals surface area (Å²) >= 11 is 0. The van der Waals surface area contributed by atoms with E-state index in [0.717, 1.165) is 0 Å². The summed E-state index contributed by atoms with van der Waals surface area (Å²) in [6, 6.07) is 0. The zero-order chi connectivity index (χ0) is 9.02. The Morgan fingerprint density at radius 2 is 1.08 bits per heavy atom. The largest absolute Gasteiger partial charge is 0.391 e. The quantitative estimate of drug-likeness (QED) is 0.593. The van der Waals surface area contributed by atoms with E-state index in [2.05, 4.69) is 0 Å². The van der Waals surface area contributed by atoms with Gasteiger partial charge in [-0.05, 0) is 27.7 Å². The van der Waals surface area contributed by atoms with Crippen molar-refractivity contribution in [1.29, 1.82) is 0 Å². The fourth-order valence-electron chi connectivity index (χ4n) is 0.566. The molecule has 0 amide bonds. The Kier molecular flexibility index (Phi) is 7.62. The first-order valence-electron chi connectivity index (χ1n) is 3.96. The van der Waals surface area contributed by atoms with Crippen LogP contribution in [0.4, 0.5) is 0 Å². The second kappa shape index (κ2) is 6.37. The second-order valence-electron chi connectivity index (χ2n) is 3.03. The summed E-state index contributed by atoms with van der Waals surface area (Å²) in [6.07, 6.45) is -1.42. The van der Waals surface area contributed by atoms with Crippen LogP contribution < -0.4 is 6.15 Å². The van der Waals surface area contributed by atoms with Crippen LogP contribution in [-0.2, 0) is 4.74 Å². The van der Waals surface area contributed by atoms with Gasteiger partial charge in [0.05, 0.1) is 24.4 Å². The summed E-state index contributed by atoms with van der Waals surface area (Å²) in [4.78, 5) is 0. The predicted molar refractivity (Wildman–Crippen MR) is 48.4 cm³/mol. The lowest BCUT2D eigenvalue weighted by atomic mass is 10.2. The summed E-state index contributed by atoms with van der Waals surface area (Å²) in [5, 5.41) is 18.1. The number of aliphatic hydroxyl groups is 2. The number of hydrogen-bond acceptors (Lipinski definition) is 4. The highest BCUT2D eigenvalue weighted by atomic mass is 16.5. The van der Waals surface area contributed by atoms with Crippen LogP contribution in [0.15, 0.2) is 0 Å². The Bertz CT molecular complexity index is 94.5. The van der Waals surface area contributed by atoms with Crippen molar-refractivity contribution in [3.8, 4) is 0 Å². The number of hydrogen-bond donors (Lipinski definition) is 3. The molecule has 0 aromatic rings. The summed E-state index contributed by atoms with van der Waals surface area (Å²) in [5.41, 5.74) is 0. The van der Waals surface area contributed by atoms with Crippen molar-refractivity contribution in [2.24, 2.45) is 0 Å². The summed E-state index contributed by atoms with van der Waals surface area (Å²) in [7, 11) is 0. The van der Waals surface area contributed by atoms with Crippen LogP contribution in [0, 0.1) is 0 Å². The zero-order valence-electron chi connectivity index (χ0n) is 8.32. The molecule has 0 aromatic carbocycles. The summed E-state index contributed by atoms with van der Waals surface area (Å²) < 4.78 is 5.27. The molecular formula is C8H21NO3. The van der Waals surface area contributed by atoms with E-state index in [4.69, 9.17) is 14.9 Å². The molecule has 76 valence electrons. The highest BCUT2D eigenvalue weighted by Gasteiger charge is 2.16. The van der Waals surface area contributed by atoms with E-state index in [9.17, 15) is 0 Å². The van der Waals surface area contributed by atoms with Crippen molar-refractivity contribution in [2.45, 2.75) is 52.1 Å². The Balaban J connectivity index is 0. The second-order valence-corrected chi connectivity index (χ2v) is 3.03. The van der Waals surface area contributed by atoms with Crippen LogP contribution in [-0.4, -0.2) is 34.6 Å². The van der Waals surface area contributed by atoms with Crippen molar-refractivity contribution in [1.82, 2.24) is 6.15 Å². The lowest BCUT2D eigenvalue weighted by molar-refractivity contribution is -0.0923. The Hall–Kier alpha value is -0.160. The highest BCUT2D eigenvalue weighted by molar-refractivity contribution is 4.63. The Morgan fingerprint density at radius 3 is 1.25 bits per heavy atom. The van der Waals surface area contributed by atoms with Crippen LogP contribution in [0.2, 0.25) is 0 Å². The van der Waals surface area contributed by atoms with Gasteiger partial charge in [-0.2, -0.15) is 0 Å². The first-order chi connectivity index (χ1) is 4.95. The molecule has 0 aromatic heterocycles. The van der Waals surface area contributed by atoms with Crippen LogP contribution >= 0.6 is 0 Å². The van der Waals surface area contributed by atoms with Gasteiger partial charge in [0, 0.05) is 0 Å². The van der Waals surface area contributed by atoms with Gasteiger partial charge in [0.25, 0.3) is 0 Å². The molecule has 12 heavy (non-hydrogen) atoms. The number of ether oxygens (including phenoxy) is 1. The average molecular weight is 179 g/mol. The lowest BCUT2D eigenvalue weighted by Gasteiger charge is -2.22. The van der Waals surface area contributed by atoms with E-state index in [-0.39, 0.29) is 18.4 Å². The van der Waals surface area contributed by atoms with E-state index in [1.165, 1.54) is 0 Å². The van der Waals surface area contributed by atoms with Gasteiger partial charge in [-0.3, -0.25) is 0 Å². The molecule has 5 N–H and O–H groups in total. The molecule has 4 unspecified atom stereocenters. The van der Waals surface area contributed by atoms with Gasteiger partial charge in [-0.1, -0.05) is 0 Å². The van der Waals surface area contributed by atoms with Gasteiger partial charge in [0.15, 0.2) is 0 Å². The van der Waals surface area contributed by atoms with Gasteiger partial charge in [0.1, 0.15) is 0 Å². The molecule has 0 spiro atoms. The predicted octanol–water partition coefficient (Wildman–Crippen LogP) is 0.704. The molecule has 4 atom stereocenters. The van der Waals surface area contributed by atoms with Gasteiger partial charge in [-0.15, -0.1) is 0 Å². The molecule has 4 heteroatoms. The minimum absolute atomic E-state index is 0. The first-order valence-corrected chi connectivity index (χ1v) is 3.96. The van der Waals surface area contributed by atoms with Crippen LogP contribution in [0.5, 0.6) is 0 Å². The average Bonchev–Trinajstić information content (AvgIpc) is 1.87. The van der Waals surface area contributed by atoms with Crippen LogP contribution in [0.1, 0.15) is 27.7 Å². The molecule has 0 radical (unpaired) electrons. The lowest BCUT2D eigenvalue weighted by Crippen LogP contribution is -2.32. The molecule has 0 aliphatic heterocycles. The summed E-state index contributed by atoms with van der Waals surface area (Å²) in [5.74, 6) is 0. The molecule has 0 saturated heterocycles. The fourth-order valence-corrected chi connectivity index (χ4v) is 0.566. The minimum atomic E-state index is -0.490. The third-order valence-electron chi connectivity index (χ3n) is 1.79. The Morgan fingerprint density at radius 1 is 0.833 bits per heavy atom. The van der Waals surface area contributed by atoms with Crippen LogP contribution in [0.25, 0.3) is 0 Å². The molecule has 0 bridgehead atoms. The van der Waals surface area contributed by atoms with E-state index in [1.807, 2.05) is 0 Å². The SMILES string of the molecule is CC(O)C(C)OC(C)C(C)O.N. The smallest absolute Gasteiger partial charge is 0.0808 e. The van der Waals surface area contributed by atoms with Gasteiger partial charge >= 0.3 is 0 Å². The molecular weight excluding hydrogens is 158 g/mol. The van der Waals surface area contributed by atoms with Crippen molar-refractivity contribution in [3.05, 3.63) is 0 Å². The van der Waals surface area contributed by atoms with E-state index in [0.29, 0.717) is 0 Å². The van der Waals surface area contributed by atoms with E-state index in [1.54, 1.807) is 27.7 Å². The molecule has 0 aliphatic rings. The fraction of sp³-hybridized carbons (Fsp3) is 1.00. The third kappa shape index (κ3) is 5.49. The topological polar surface area (TPSA) is 84.7 Å². The van der Waals surface area contributed by atoms with E-state index < -0.39 is 12.2 Å². The van der Waals surface area contributed by atoms with Crippen LogP contribution in [0.3, 0.4) is 0 Å². The molecule has 0 aliphatic carbocycles. The molecule has 0 heterocycles. The maximum Gasteiger partial charge on any atom is 0.0808 e. The third-order valence-corrected chi connectivity index (χ3v) is 1.79. The normalized spacial score (nSPS) is 20.5. The molecule has 4 nitrogen and oxygen atoms in total.